The number of fused-ring (bicyclic) bond motifs is 1. The van der Waals surface area contributed by atoms with Gasteiger partial charge in [-0.25, -0.2) is 0 Å². The molecule has 0 radical (unpaired) electrons. The summed E-state index contributed by atoms with van der Waals surface area (Å²) in [5, 5.41) is 9.91. The highest BCUT2D eigenvalue weighted by molar-refractivity contribution is 5.99. The maximum atomic E-state index is 11.2. The number of hydrogen-bond donors (Lipinski definition) is 1. The second-order valence-corrected chi connectivity index (χ2v) is 4.30. The Hall–Kier alpha value is -2.01. The van der Waals surface area contributed by atoms with Gasteiger partial charge >= 0.3 is 0 Å². The first-order valence-electron chi connectivity index (χ1n) is 6.73. The van der Waals surface area contributed by atoms with Gasteiger partial charge < -0.3 is 19.1 Å². The van der Waals surface area contributed by atoms with Crippen LogP contribution in [0, 0.1) is 0 Å². The van der Waals surface area contributed by atoms with Crippen LogP contribution in [-0.2, 0) is 6.54 Å². The van der Waals surface area contributed by atoms with Crippen LogP contribution >= 0.6 is 0 Å². The molecular formula is C15H19NO4. The van der Waals surface area contributed by atoms with E-state index in [0.717, 1.165) is 17.2 Å². The van der Waals surface area contributed by atoms with E-state index < -0.39 is 0 Å². The molecule has 5 nitrogen and oxygen atoms in total. The van der Waals surface area contributed by atoms with E-state index in [4.69, 9.17) is 14.6 Å². The van der Waals surface area contributed by atoms with Gasteiger partial charge in [0.15, 0.2) is 17.8 Å². The van der Waals surface area contributed by atoms with Crippen molar-refractivity contribution in [2.75, 3.05) is 19.8 Å². The first-order valence-corrected chi connectivity index (χ1v) is 6.73. The number of carbonyl (C=O) groups is 1. The smallest absolute Gasteiger partial charge is 0.163 e. The fraction of sp³-hybridized carbons (Fsp3) is 0.400. The van der Waals surface area contributed by atoms with Gasteiger partial charge in [-0.05, 0) is 19.9 Å². The van der Waals surface area contributed by atoms with Gasteiger partial charge in [-0.3, -0.25) is 4.79 Å². The number of aldehydes is 1. The van der Waals surface area contributed by atoms with Crippen LogP contribution in [0.15, 0.2) is 18.3 Å². The first-order chi connectivity index (χ1) is 9.74. The Bertz CT molecular complexity index is 603. The van der Waals surface area contributed by atoms with Crippen molar-refractivity contribution in [3.8, 4) is 11.5 Å². The lowest BCUT2D eigenvalue weighted by Crippen LogP contribution is -2.02. The number of carbonyl (C=O) groups excluding carboxylic acids is 1. The zero-order valence-corrected chi connectivity index (χ0v) is 11.8. The topological polar surface area (TPSA) is 60.7 Å². The molecule has 1 N–H and O–H groups in total. The minimum Gasteiger partial charge on any atom is -0.490 e. The van der Waals surface area contributed by atoms with E-state index in [9.17, 15) is 4.79 Å². The quantitative estimate of drug-likeness (QED) is 0.788. The second-order valence-electron chi connectivity index (χ2n) is 4.30. The van der Waals surface area contributed by atoms with Gasteiger partial charge in [0.25, 0.3) is 0 Å². The number of nitrogens with zero attached hydrogens (tertiary/aromatic N) is 1. The molecule has 0 saturated heterocycles. The summed E-state index contributed by atoms with van der Waals surface area (Å²) in [7, 11) is 0. The highest BCUT2D eigenvalue weighted by atomic mass is 16.5. The average Bonchev–Trinajstić information content (AvgIpc) is 2.78. The molecular weight excluding hydrogens is 258 g/mol. The van der Waals surface area contributed by atoms with Crippen LogP contribution < -0.4 is 9.47 Å². The second kappa shape index (κ2) is 6.43. The number of ether oxygens (including phenoxy) is 2. The predicted octanol–water partition coefficient (Wildman–Crippen LogP) is 2.24. The third-order valence-corrected chi connectivity index (χ3v) is 3.04. The van der Waals surface area contributed by atoms with Crippen molar-refractivity contribution in [3.63, 3.8) is 0 Å². The van der Waals surface area contributed by atoms with Crippen LogP contribution in [0.5, 0.6) is 11.5 Å². The van der Waals surface area contributed by atoms with Crippen molar-refractivity contribution >= 4 is 17.2 Å². The lowest BCUT2D eigenvalue weighted by atomic mass is 10.1. The minimum absolute atomic E-state index is 0.0132. The molecule has 0 aliphatic carbocycles. The molecule has 0 aliphatic heterocycles. The largest absolute Gasteiger partial charge is 0.490 e. The van der Waals surface area contributed by atoms with Gasteiger partial charge in [0.2, 0.25) is 0 Å². The number of aromatic nitrogens is 1. The van der Waals surface area contributed by atoms with Crippen molar-refractivity contribution in [2.45, 2.75) is 20.4 Å². The van der Waals surface area contributed by atoms with Gasteiger partial charge in [0.1, 0.15) is 0 Å². The monoisotopic (exact) mass is 277 g/mol. The Morgan fingerprint density at radius 1 is 1.20 bits per heavy atom. The van der Waals surface area contributed by atoms with E-state index in [1.165, 1.54) is 0 Å². The lowest BCUT2D eigenvalue weighted by Gasteiger charge is -2.12. The van der Waals surface area contributed by atoms with Gasteiger partial charge in [-0.1, -0.05) is 0 Å². The molecule has 1 aromatic heterocycles. The SMILES string of the molecule is CCOc1cc2c(C=O)cn(CCO)c2cc1OCC. The molecule has 1 aromatic carbocycles. The Morgan fingerprint density at radius 2 is 1.85 bits per heavy atom. The van der Waals surface area contributed by atoms with E-state index in [-0.39, 0.29) is 6.61 Å². The van der Waals surface area contributed by atoms with Crippen molar-refractivity contribution in [1.29, 1.82) is 0 Å². The molecule has 0 bridgehead atoms. The summed E-state index contributed by atoms with van der Waals surface area (Å²) in [4.78, 5) is 11.2. The van der Waals surface area contributed by atoms with E-state index in [0.29, 0.717) is 36.8 Å². The zero-order chi connectivity index (χ0) is 14.5. The highest BCUT2D eigenvalue weighted by Crippen LogP contribution is 2.34. The molecule has 0 spiro atoms. The van der Waals surface area contributed by atoms with Crippen molar-refractivity contribution in [3.05, 3.63) is 23.9 Å². The lowest BCUT2D eigenvalue weighted by molar-refractivity contribution is 0.112. The van der Waals surface area contributed by atoms with Crippen LogP contribution in [0.4, 0.5) is 0 Å². The molecule has 5 heteroatoms. The molecule has 0 atom stereocenters. The number of hydrogen-bond acceptors (Lipinski definition) is 4. The minimum atomic E-state index is 0.0132. The molecule has 20 heavy (non-hydrogen) atoms. The number of rotatable bonds is 7. The van der Waals surface area contributed by atoms with Crippen LogP contribution in [0.3, 0.4) is 0 Å². The Labute approximate surface area is 117 Å². The van der Waals surface area contributed by atoms with Gasteiger partial charge in [-0.2, -0.15) is 0 Å². The van der Waals surface area contributed by atoms with Crippen LogP contribution in [0.1, 0.15) is 24.2 Å². The number of benzene rings is 1. The molecule has 2 aromatic rings. The predicted molar refractivity (Wildman–Crippen MR) is 76.7 cm³/mol. The van der Waals surface area contributed by atoms with E-state index >= 15 is 0 Å². The summed E-state index contributed by atoms with van der Waals surface area (Å²) in [6.07, 6.45) is 2.55. The van der Waals surface area contributed by atoms with Gasteiger partial charge in [-0.15, -0.1) is 0 Å². The van der Waals surface area contributed by atoms with Crippen molar-refractivity contribution < 1.29 is 19.4 Å². The fourth-order valence-corrected chi connectivity index (χ4v) is 2.25. The zero-order valence-electron chi connectivity index (χ0n) is 11.8. The van der Waals surface area contributed by atoms with Crippen LogP contribution in [0.2, 0.25) is 0 Å². The standard InChI is InChI=1S/C15H19NO4/c1-3-19-14-7-12-11(10-18)9-16(5-6-17)13(12)8-15(14)20-4-2/h7-10,17H,3-6H2,1-2H3. The van der Waals surface area contributed by atoms with E-state index in [1.54, 1.807) is 6.20 Å². The van der Waals surface area contributed by atoms with Crippen LogP contribution in [0.25, 0.3) is 10.9 Å². The Kier molecular flexibility index (Phi) is 4.63. The molecule has 1 heterocycles. The summed E-state index contributed by atoms with van der Waals surface area (Å²) in [5.41, 5.74) is 1.44. The normalized spacial score (nSPS) is 10.8. The fourth-order valence-electron chi connectivity index (χ4n) is 2.25. The van der Waals surface area contributed by atoms with Crippen LogP contribution in [-0.4, -0.2) is 35.8 Å². The summed E-state index contributed by atoms with van der Waals surface area (Å²) in [5.74, 6) is 1.28. The maximum Gasteiger partial charge on any atom is 0.163 e. The highest BCUT2D eigenvalue weighted by Gasteiger charge is 2.14. The summed E-state index contributed by atoms with van der Waals surface area (Å²) < 4.78 is 13.0. The average molecular weight is 277 g/mol. The molecule has 108 valence electrons. The first kappa shape index (κ1) is 14.4. The Morgan fingerprint density at radius 3 is 2.40 bits per heavy atom. The number of aliphatic hydroxyl groups is 1. The molecule has 2 rings (SSSR count). The van der Waals surface area contributed by atoms with Gasteiger partial charge in [0.05, 0.1) is 25.3 Å². The maximum absolute atomic E-state index is 11.2. The van der Waals surface area contributed by atoms with E-state index in [2.05, 4.69) is 0 Å². The molecule has 0 amide bonds. The molecule has 0 aliphatic rings. The molecule has 0 fully saturated rings. The Balaban J connectivity index is 2.63. The van der Waals surface area contributed by atoms with Crippen molar-refractivity contribution in [1.82, 2.24) is 4.57 Å². The summed E-state index contributed by atoms with van der Waals surface area (Å²) in [6.45, 7) is 5.32. The summed E-state index contributed by atoms with van der Waals surface area (Å²) >= 11 is 0. The number of aliphatic hydroxyl groups excluding tert-OH is 1. The van der Waals surface area contributed by atoms with E-state index in [1.807, 2.05) is 30.5 Å². The van der Waals surface area contributed by atoms with Crippen molar-refractivity contribution in [2.24, 2.45) is 0 Å². The third-order valence-electron chi connectivity index (χ3n) is 3.04. The van der Waals surface area contributed by atoms with Gasteiger partial charge in [0, 0.05) is 29.8 Å². The third kappa shape index (κ3) is 2.63. The summed E-state index contributed by atoms with van der Waals surface area (Å²) in [6, 6.07) is 3.67. The molecule has 0 unspecified atom stereocenters. The molecule has 0 saturated carbocycles.